The van der Waals surface area contributed by atoms with Crippen LogP contribution in [0.5, 0.6) is 11.5 Å². The van der Waals surface area contributed by atoms with Gasteiger partial charge in [0, 0.05) is 86.2 Å². The van der Waals surface area contributed by atoms with E-state index in [0.717, 1.165) is 78.6 Å². The number of fused-ring (bicyclic) bond motifs is 5. The molecule has 0 N–H and O–H groups in total. The van der Waals surface area contributed by atoms with E-state index in [-0.39, 0.29) is 5.91 Å². The van der Waals surface area contributed by atoms with Crippen LogP contribution in [0, 0.1) is 0 Å². The number of rotatable bonds is 4. The van der Waals surface area contributed by atoms with Crippen LogP contribution in [0.1, 0.15) is 34.1 Å². The SMILES string of the molecule is CN1CCN(c2ccccc2/C=C2/SCCN(Cc3ccccc3)C2=O)CC1.CN1C[C@@H]2c3ccccc3Oc3ccc(Cl)cc3[C@H]2C1. The Morgan fingerprint density at radius 1 is 0.771 bits per heavy atom. The van der Waals surface area contributed by atoms with E-state index in [4.69, 9.17) is 16.3 Å². The second-order valence-corrected chi connectivity index (χ2v) is 14.7. The zero-order valence-corrected chi connectivity index (χ0v) is 29.3. The molecule has 8 heteroatoms. The van der Waals surface area contributed by atoms with Gasteiger partial charge in [0.1, 0.15) is 11.5 Å². The zero-order chi connectivity index (χ0) is 33.0. The van der Waals surface area contributed by atoms with Crippen LogP contribution >= 0.6 is 23.4 Å². The summed E-state index contributed by atoms with van der Waals surface area (Å²) in [5.74, 6) is 3.96. The average Bonchev–Trinajstić information content (AvgIpc) is 3.45. The average molecular weight is 679 g/mol. The van der Waals surface area contributed by atoms with Gasteiger partial charge >= 0.3 is 0 Å². The summed E-state index contributed by atoms with van der Waals surface area (Å²) in [6.07, 6.45) is 2.10. The van der Waals surface area contributed by atoms with Gasteiger partial charge in [-0.2, -0.15) is 0 Å². The third-order valence-electron chi connectivity index (χ3n) is 9.81. The minimum Gasteiger partial charge on any atom is -0.457 e. The molecule has 3 saturated heterocycles. The van der Waals surface area contributed by atoms with E-state index in [1.807, 2.05) is 41.3 Å². The lowest BCUT2D eigenvalue weighted by Gasteiger charge is -2.35. The van der Waals surface area contributed by atoms with Crippen molar-refractivity contribution >= 4 is 41.0 Å². The normalized spacial score (nSPS) is 21.8. The summed E-state index contributed by atoms with van der Waals surface area (Å²) in [7, 11) is 4.35. The number of carbonyl (C=O) groups excluding carboxylic acids is 1. The molecule has 0 radical (unpaired) electrons. The molecular weight excluding hydrogens is 636 g/mol. The van der Waals surface area contributed by atoms with Crippen molar-refractivity contribution < 1.29 is 9.53 Å². The second-order valence-electron chi connectivity index (χ2n) is 13.2. The fourth-order valence-electron chi connectivity index (χ4n) is 7.26. The van der Waals surface area contributed by atoms with Gasteiger partial charge in [-0.25, -0.2) is 0 Å². The van der Waals surface area contributed by atoms with Gasteiger partial charge in [0.25, 0.3) is 5.91 Å². The quantitative estimate of drug-likeness (QED) is 0.205. The van der Waals surface area contributed by atoms with Crippen molar-refractivity contribution in [1.29, 1.82) is 0 Å². The molecule has 3 fully saturated rings. The minimum atomic E-state index is 0.147. The number of nitrogens with zero attached hydrogens (tertiary/aromatic N) is 4. The molecule has 4 aliphatic rings. The Morgan fingerprint density at radius 2 is 1.46 bits per heavy atom. The molecule has 1 amide bonds. The first-order valence-electron chi connectivity index (χ1n) is 16.9. The van der Waals surface area contributed by atoms with E-state index in [0.29, 0.717) is 18.4 Å². The zero-order valence-electron chi connectivity index (χ0n) is 27.7. The summed E-state index contributed by atoms with van der Waals surface area (Å²) in [4.78, 5) is 23.1. The van der Waals surface area contributed by atoms with Crippen molar-refractivity contribution in [3.63, 3.8) is 0 Å². The predicted octanol–water partition coefficient (Wildman–Crippen LogP) is 7.81. The molecule has 48 heavy (non-hydrogen) atoms. The maximum atomic E-state index is 13.1. The Balaban J connectivity index is 0.000000160. The summed E-state index contributed by atoms with van der Waals surface area (Å²) in [5.41, 5.74) is 6.11. The van der Waals surface area contributed by atoms with E-state index in [2.05, 4.69) is 95.5 Å². The van der Waals surface area contributed by atoms with E-state index in [1.54, 1.807) is 11.8 Å². The maximum Gasteiger partial charge on any atom is 0.260 e. The molecule has 4 aliphatic heterocycles. The fourth-order valence-corrected chi connectivity index (χ4v) is 8.44. The molecule has 248 valence electrons. The number of piperazine rings is 1. The highest BCUT2D eigenvalue weighted by Crippen LogP contribution is 2.49. The molecule has 4 aromatic carbocycles. The first-order valence-corrected chi connectivity index (χ1v) is 18.2. The van der Waals surface area contributed by atoms with Gasteiger partial charge in [-0.3, -0.25) is 4.79 Å². The van der Waals surface area contributed by atoms with Crippen molar-refractivity contribution in [2.24, 2.45) is 0 Å². The Labute approximate surface area is 293 Å². The molecule has 0 aromatic heterocycles. The van der Waals surface area contributed by atoms with Crippen molar-refractivity contribution in [3.05, 3.63) is 129 Å². The van der Waals surface area contributed by atoms with Gasteiger partial charge in [0.15, 0.2) is 0 Å². The predicted molar refractivity (Wildman–Crippen MR) is 199 cm³/mol. The highest BCUT2D eigenvalue weighted by atomic mass is 35.5. The van der Waals surface area contributed by atoms with Crippen LogP contribution in [0.4, 0.5) is 5.69 Å². The summed E-state index contributed by atoms with van der Waals surface area (Å²) in [5, 5.41) is 0.784. The molecule has 6 nitrogen and oxygen atoms in total. The number of anilines is 1. The lowest BCUT2D eigenvalue weighted by atomic mass is 9.84. The molecule has 4 aromatic rings. The van der Waals surface area contributed by atoms with Gasteiger partial charge < -0.3 is 24.3 Å². The monoisotopic (exact) mass is 678 g/mol. The van der Waals surface area contributed by atoms with Crippen molar-refractivity contribution in [2.75, 3.05) is 70.6 Å². The van der Waals surface area contributed by atoms with E-state index >= 15 is 0 Å². The number of ether oxygens (including phenoxy) is 1. The van der Waals surface area contributed by atoms with Crippen LogP contribution in [-0.4, -0.2) is 86.3 Å². The first kappa shape index (κ1) is 32.8. The van der Waals surface area contributed by atoms with E-state index in [1.165, 1.54) is 22.4 Å². The van der Waals surface area contributed by atoms with Crippen molar-refractivity contribution in [2.45, 2.75) is 18.4 Å². The molecule has 0 unspecified atom stereocenters. The van der Waals surface area contributed by atoms with Crippen LogP contribution in [-0.2, 0) is 11.3 Å². The maximum absolute atomic E-state index is 13.1. The Kier molecular flexibility index (Phi) is 10.1. The second kappa shape index (κ2) is 14.8. The highest BCUT2D eigenvalue weighted by molar-refractivity contribution is 8.04. The number of likely N-dealkylation sites (tertiary alicyclic amines) is 1. The fraction of sp³-hybridized carbons (Fsp3) is 0.325. The lowest BCUT2D eigenvalue weighted by molar-refractivity contribution is -0.126. The molecule has 2 atom stereocenters. The van der Waals surface area contributed by atoms with Crippen molar-refractivity contribution in [3.8, 4) is 11.5 Å². The summed E-state index contributed by atoms with van der Waals surface area (Å²) in [6.45, 7) is 7.79. The van der Waals surface area contributed by atoms with E-state index in [9.17, 15) is 4.79 Å². The number of thioether (sulfide) groups is 1. The summed E-state index contributed by atoms with van der Waals surface area (Å²) >= 11 is 7.88. The van der Waals surface area contributed by atoms with Gasteiger partial charge in [-0.1, -0.05) is 78.3 Å². The summed E-state index contributed by atoms with van der Waals surface area (Å²) < 4.78 is 6.15. The number of hydrogen-bond acceptors (Lipinski definition) is 6. The van der Waals surface area contributed by atoms with Crippen LogP contribution in [0.3, 0.4) is 0 Å². The Morgan fingerprint density at radius 3 is 2.27 bits per heavy atom. The molecule has 0 aliphatic carbocycles. The summed E-state index contributed by atoms with van der Waals surface area (Å²) in [6, 6.07) is 33.1. The number of benzene rings is 4. The molecular formula is C40H43ClN4O2S. The number of para-hydroxylation sites is 2. The van der Waals surface area contributed by atoms with E-state index < -0.39 is 0 Å². The number of likely N-dealkylation sites (N-methyl/N-ethyl adjacent to an activating group) is 2. The van der Waals surface area contributed by atoms with Crippen LogP contribution in [0.15, 0.2) is 102 Å². The number of amides is 1. The van der Waals surface area contributed by atoms with Crippen molar-refractivity contribution in [1.82, 2.24) is 14.7 Å². The topological polar surface area (TPSA) is 39.3 Å². The number of carbonyl (C=O) groups is 1. The minimum absolute atomic E-state index is 0.147. The largest absolute Gasteiger partial charge is 0.457 e. The van der Waals surface area contributed by atoms with Crippen LogP contribution in [0.2, 0.25) is 5.02 Å². The standard InChI is InChI=1S/C23H27N3OS.C17H16ClNO/c1-24-11-13-25(14-12-24)21-10-6-5-9-20(21)17-22-23(27)26(15-16-28-22)18-19-7-3-2-4-8-19;1-19-9-14-12-4-2-3-5-16(12)20-17-7-6-11(18)8-13(17)15(14)10-19/h2-10,17H,11-16,18H2,1H3;2-8,14-15H,9-10H2,1H3/b22-17+;/t;14-,15-/m.1/s1. The number of halogens is 1. The lowest BCUT2D eigenvalue weighted by Crippen LogP contribution is -2.44. The number of hydrogen-bond donors (Lipinski definition) is 0. The molecule has 0 spiro atoms. The highest BCUT2D eigenvalue weighted by Gasteiger charge is 2.38. The Bertz CT molecular complexity index is 1770. The first-order chi connectivity index (χ1) is 23.4. The molecule has 4 heterocycles. The Hall–Kier alpha value is -3.75. The van der Waals surface area contributed by atoms with Gasteiger partial charge in [-0.05, 0) is 67.2 Å². The van der Waals surface area contributed by atoms with Gasteiger partial charge in [0.2, 0.25) is 0 Å². The third kappa shape index (κ3) is 7.30. The smallest absolute Gasteiger partial charge is 0.260 e. The third-order valence-corrected chi connectivity index (χ3v) is 11.0. The molecule has 8 rings (SSSR count). The van der Waals surface area contributed by atoms with Gasteiger partial charge in [-0.15, -0.1) is 11.8 Å². The van der Waals surface area contributed by atoms with Crippen LogP contribution in [0.25, 0.3) is 6.08 Å². The van der Waals surface area contributed by atoms with Gasteiger partial charge in [0.05, 0.1) is 4.91 Å². The van der Waals surface area contributed by atoms with Crippen LogP contribution < -0.4 is 9.64 Å². The molecule has 0 saturated carbocycles. The molecule has 0 bridgehead atoms.